The van der Waals surface area contributed by atoms with Gasteiger partial charge in [-0.25, -0.2) is 14.2 Å². The second-order valence-corrected chi connectivity index (χ2v) is 8.46. The Bertz CT molecular complexity index is 1230. The van der Waals surface area contributed by atoms with Gasteiger partial charge in [0.2, 0.25) is 5.13 Å². The second-order valence-electron chi connectivity index (χ2n) is 7.73. The molecule has 1 saturated heterocycles. The van der Waals surface area contributed by atoms with Crippen LogP contribution in [-0.4, -0.2) is 46.5 Å². The molecule has 1 aromatic heterocycles. The van der Waals surface area contributed by atoms with Crippen molar-refractivity contribution in [2.24, 2.45) is 0 Å². The van der Waals surface area contributed by atoms with Gasteiger partial charge in [-0.05, 0) is 29.1 Å². The van der Waals surface area contributed by atoms with Gasteiger partial charge < -0.3 is 15.1 Å². The van der Waals surface area contributed by atoms with Crippen molar-refractivity contribution < 1.29 is 9.18 Å². The topological polar surface area (TPSA) is 61.4 Å². The molecule has 3 aromatic carbocycles. The number of carbonyl (C=O) groups is 1. The summed E-state index contributed by atoms with van der Waals surface area (Å²) >= 11 is 1.36. The molecule has 2 heterocycles. The molecule has 0 spiro atoms. The quantitative estimate of drug-likeness (QED) is 0.489. The van der Waals surface area contributed by atoms with E-state index in [4.69, 9.17) is 0 Å². The first-order chi connectivity index (χ1) is 15.7. The smallest absolute Gasteiger partial charge is 0.321 e. The molecule has 0 atom stereocenters. The summed E-state index contributed by atoms with van der Waals surface area (Å²) < 4.78 is 17.5. The molecule has 162 valence electrons. The van der Waals surface area contributed by atoms with Crippen LogP contribution in [0.25, 0.3) is 10.8 Å². The van der Waals surface area contributed by atoms with E-state index in [2.05, 4.69) is 19.6 Å². The number of aromatic nitrogens is 2. The van der Waals surface area contributed by atoms with E-state index in [1.165, 1.54) is 23.7 Å². The van der Waals surface area contributed by atoms with Gasteiger partial charge in [0.05, 0.1) is 5.69 Å². The summed E-state index contributed by atoms with van der Waals surface area (Å²) in [6.45, 7) is 2.63. The molecular formula is C24H22FN5OS. The Morgan fingerprint density at radius 2 is 1.72 bits per heavy atom. The molecule has 1 N–H and O–H groups in total. The lowest BCUT2D eigenvalue weighted by molar-refractivity contribution is 0.208. The van der Waals surface area contributed by atoms with Crippen LogP contribution >= 0.6 is 11.5 Å². The first kappa shape index (κ1) is 20.4. The highest BCUT2D eigenvalue weighted by molar-refractivity contribution is 7.09. The van der Waals surface area contributed by atoms with Crippen molar-refractivity contribution in [3.05, 3.63) is 83.9 Å². The van der Waals surface area contributed by atoms with Crippen LogP contribution in [0.3, 0.4) is 0 Å². The Morgan fingerprint density at radius 1 is 0.969 bits per heavy atom. The van der Waals surface area contributed by atoms with Gasteiger partial charge in [0.25, 0.3) is 0 Å². The van der Waals surface area contributed by atoms with E-state index in [0.29, 0.717) is 32.6 Å². The minimum Gasteiger partial charge on any atom is -0.343 e. The molecule has 6 nitrogen and oxygen atoms in total. The molecule has 0 saturated carbocycles. The number of piperazine rings is 1. The molecule has 0 bridgehead atoms. The van der Waals surface area contributed by atoms with Crippen LogP contribution in [0, 0.1) is 5.82 Å². The van der Waals surface area contributed by atoms with Crippen LogP contribution in [-0.2, 0) is 6.42 Å². The highest BCUT2D eigenvalue weighted by Gasteiger charge is 2.23. The van der Waals surface area contributed by atoms with Gasteiger partial charge in [-0.1, -0.05) is 48.5 Å². The monoisotopic (exact) mass is 447 g/mol. The summed E-state index contributed by atoms with van der Waals surface area (Å²) in [6, 6.07) is 20.3. The number of benzene rings is 3. The van der Waals surface area contributed by atoms with Crippen molar-refractivity contribution in [1.29, 1.82) is 0 Å². The van der Waals surface area contributed by atoms with E-state index in [1.54, 1.807) is 12.1 Å². The molecule has 32 heavy (non-hydrogen) atoms. The molecule has 4 aromatic rings. The minimum absolute atomic E-state index is 0.0877. The van der Waals surface area contributed by atoms with Crippen molar-refractivity contribution in [3.8, 4) is 0 Å². The van der Waals surface area contributed by atoms with Crippen molar-refractivity contribution in [3.63, 3.8) is 0 Å². The number of nitrogens with zero attached hydrogens (tertiary/aromatic N) is 4. The number of hydrogen-bond donors (Lipinski definition) is 1. The number of carbonyl (C=O) groups excluding carboxylic acids is 1. The van der Waals surface area contributed by atoms with E-state index < -0.39 is 0 Å². The van der Waals surface area contributed by atoms with E-state index in [9.17, 15) is 9.18 Å². The Balaban J connectivity index is 1.18. The zero-order valence-electron chi connectivity index (χ0n) is 17.4. The van der Waals surface area contributed by atoms with Crippen LogP contribution in [0.2, 0.25) is 0 Å². The number of halogens is 1. The number of anilines is 2. The fourth-order valence-electron chi connectivity index (χ4n) is 3.86. The van der Waals surface area contributed by atoms with Crippen molar-refractivity contribution in [2.45, 2.75) is 6.42 Å². The molecular weight excluding hydrogens is 425 g/mol. The molecule has 2 amide bonds. The Hall–Kier alpha value is -3.52. The van der Waals surface area contributed by atoms with Gasteiger partial charge in [-0.15, -0.1) is 0 Å². The SMILES string of the molecule is O=C(Nc1cccc2ccccc12)N1CCN(c2nc(Cc3ccc(F)cc3)ns2)CC1. The number of hydrogen-bond acceptors (Lipinski definition) is 5. The minimum atomic E-state index is -0.247. The summed E-state index contributed by atoms with van der Waals surface area (Å²) in [5.41, 5.74) is 1.80. The second kappa shape index (κ2) is 8.92. The molecule has 8 heteroatoms. The maximum absolute atomic E-state index is 13.1. The number of nitrogens with one attached hydrogen (secondary N) is 1. The number of amides is 2. The molecule has 0 aliphatic carbocycles. The van der Waals surface area contributed by atoms with E-state index in [0.717, 1.165) is 33.0 Å². The van der Waals surface area contributed by atoms with E-state index in [1.807, 2.05) is 47.4 Å². The molecule has 5 rings (SSSR count). The Kier molecular flexibility index (Phi) is 5.68. The van der Waals surface area contributed by atoms with E-state index in [-0.39, 0.29) is 11.8 Å². The zero-order chi connectivity index (χ0) is 21.9. The van der Waals surface area contributed by atoms with Gasteiger partial charge in [0.1, 0.15) is 11.6 Å². The highest BCUT2D eigenvalue weighted by Crippen LogP contribution is 2.24. The van der Waals surface area contributed by atoms with Crippen molar-refractivity contribution in [2.75, 3.05) is 36.4 Å². The lowest BCUT2D eigenvalue weighted by Crippen LogP contribution is -2.50. The maximum atomic E-state index is 13.1. The average molecular weight is 448 g/mol. The van der Waals surface area contributed by atoms with Gasteiger partial charge >= 0.3 is 6.03 Å². The van der Waals surface area contributed by atoms with Gasteiger partial charge in [0, 0.05) is 49.5 Å². The number of urea groups is 1. The zero-order valence-corrected chi connectivity index (χ0v) is 18.2. The van der Waals surface area contributed by atoms with Gasteiger partial charge in [-0.3, -0.25) is 0 Å². The molecule has 0 unspecified atom stereocenters. The third kappa shape index (κ3) is 4.40. The third-order valence-corrected chi connectivity index (χ3v) is 6.42. The highest BCUT2D eigenvalue weighted by atomic mass is 32.1. The Labute approximate surface area is 189 Å². The van der Waals surface area contributed by atoms with E-state index >= 15 is 0 Å². The van der Waals surface area contributed by atoms with Crippen molar-refractivity contribution >= 4 is 39.2 Å². The fraction of sp³-hybridized carbons (Fsp3) is 0.208. The fourth-order valence-corrected chi connectivity index (χ4v) is 4.60. The summed E-state index contributed by atoms with van der Waals surface area (Å²) in [4.78, 5) is 21.5. The number of rotatable bonds is 4. The van der Waals surface area contributed by atoms with Crippen molar-refractivity contribution in [1.82, 2.24) is 14.3 Å². The predicted octanol–water partition coefficient (Wildman–Crippen LogP) is 4.78. The molecule has 1 aliphatic heterocycles. The Morgan fingerprint density at radius 3 is 2.53 bits per heavy atom. The van der Waals surface area contributed by atoms with Crippen LogP contribution < -0.4 is 10.2 Å². The van der Waals surface area contributed by atoms with Crippen LogP contribution in [0.4, 0.5) is 20.0 Å². The lowest BCUT2D eigenvalue weighted by Gasteiger charge is -2.34. The summed E-state index contributed by atoms with van der Waals surface area (Å²) in [5, 5.41) is 6.05. The first-order valence-electron chi connectivity index (χ1n) is 10.5. The van der Waals surface area contributed by atoms with Crippen LogP contribution in [0.5, 0.6) is 0 Å². The normalized spacial score (nSPS) is 14.0. The third-order valence-electron chi connectivity index (χ3n) is 5.60. The average Bonchev–Trinajstić information content (AvgIpc) is 3.29. The molecule has 0 radical (unpaired) electrons. The molecule has 1 aliphatic rings. The maximum Gasteiger partial charge on any atom is 0.321 e. The summed E-state index contributed by atoms with van der Waals surface area (Å²) in [5.74, 6) is 0.482. The standard InChI is InChI=1S/C24H22FN5OS/c25-19-10-8-17(9-11-19)16-22-27-24(32-28-22)30-14-12-29(13-15-30)23(31)26-21-7-3-5-18-4-1-2-6-20(18)21/h1-11H,12-16H2,(H,26,31). The summed E-state index contributed by atoms with van der Waals surface area (Å²) in [7, 11) is 0. The van der Waals surface area contributed by atoms with Gasteiger partial charge in [-0.2, -0.15) is 4.37 Å². The largest absolute Gasteiger partial charge is 0.343 e. The van der Waals surface area contributed by atoms with Crippen LogP contribution in [0.1, 0.15) is 11.4 Å². The summed E-state index contributed by atoms with van der Waals surface area (Å²) in [6.07, 6.45) is 0.574. The number of fused-ring (bicyclic) bond motifs is 1. The first-order valence-corrected chi connectivity index (χ1v) is 11.3. The van der Waals surface area contributed by atoms with Gasteiger partial charge in [0.15, 0.2) is 0 Å². The molecule has 1 fully saturated rings. The predicted molar refractivity (Wildman–Crippen MR) is 126 cm³/mol. The lowest BCUT2D eigenvalue weighted by atomic mass is 10.1. The van der Waals surface area contributed by atoms with Crippen LogP contribution in [0.15, 0.2) is 66.7 Å².